The molecule has 0 radical (unpaired) electrons. The minimum absolute atomic E-state index is 0.0461. The van der Waals surface area contributed by atoms with E-state index >= 15 is 0 Å². The Morgan fingerprint density at radius 3 is 3.14 bits per heavy atom. The van der Waals surface area contributed by atoms with Crippen molar-refractivity contribution in [1.29, 1.82) is 0 Å². The first-order valence-corrected chi connectivity index (χ1v) is 7.53. The Morgan fingerprint density at radius 2 is 2.32 bits per heavy atom. The van der Waals surface area contributed by atoms with Gasteiger partial charge in [0.2, 0.25) is 0 Å². The van der Waals surface area contributed by atoms with Crippen LogP contribution in [-0.4, -0.2) is 34.6 Å². The fraction of sp³-hybridized carbons (Fsp3) is 0.500. The highest BCUT2D eigenvalue weighted by molar-refractivity contribution is 6.05. The van der Waals surface area contributed by atoms with Gasteiger partial charge in [0.25, 0.3) is 5.91 Å². The van der Waals surface area contributed by atoms with Crippen LogP contribution in [0.3, 0.4) is 0 Å². The van der Waals surface area contributed by atoms with E-state index in [-0.39, 0.29) is 29.0 Å². The van der Waals surface area contributed by atoms with E-state index in [1.54, 1.807) is 0 Å². The summed E-state index contributed by atoms with van der Waals surface area (Å²) in [4.78, 5) is 19.6. The number of aromatic nitrogens is 2. The molecule has 0 unspecified atom stereocenters. The van der Waals surface area contributed by atoms with Gasteiger partial charge in [0.15, 0.2) is 0 Å². The van der Waals surface area contributed by atoms with Crippen LogP contribution in [0.2, 0.25) is 0 Å². The van der Waals surface area contributed by atoms with Gasteiger partial charge < -0.3 is 15.0 Å². The molecule has 1 saturated heterocycles. The first kappa shape index (κ1) is 13.7. The molecule has 1 aromatic carbocycles. The second-order valence-electron chi connectivity index (χ2n) is 6.77. The number of ether oxygens (including phenoxy) is 1. The van der Waals surface area contributed by atoms with Crippen molar-refractivity contribution in [3.63, 3.8) is 0 Å². The van der Waals surface area contributed by atoms with Crippen LogP contribution in [0.4, 0.5) is 4.39 Å². The number of nitrogens with zero attached hydrogens (tertiary/aromatic N) is 1. The average Bonchev–Trinajstić information content (AvgIpc) is 3.10. The molecule has 5 nitrogen and oxygen atoms in total. The van der Waals surface area contributed by atoms with Crippen molar-refractivity contribution in [2.45, 2.75) is 32.4 Å². The van der Waals surface area contributed by atoms with Crippen molar-refractivity contribution in [2.75, 3.05) is 6.61 Å². The summed E-state index contributed by atoms with van der Waals surface area (Å²) in [6.45, 7) is 4.94. The summed E-state index contributed by atoms with van der Waals surface area (Å²) in [5.41, 5.74) is 1.19. The number of aromatic amines is 1. The maximum Gasteiger partial charge on any atom is 0.253 e. The summed E-state index contributed by atoms with van der Waals surface area (Å²) >= 11 is 0. The molecule has 1 aliphatic carbocycles. The number of halogens is 1. The molecule has 2 aromatic rings. The molecule has 0 spiro atoms. The number of hydrogen-bond donors (Lipinski definition) is 2. The predicted molar refractivity (Wildman–Crippen MR) is 78.9 cm³/mol. The Balaban J connectivity index is 1.63. The number of imidazole rings is 1. The lowest BCUT2D eigenvalue weighted by Crippen LogP contribution is -2.66. The molecule has 2 aliphatic rings. The topological polar surface area (TPSA) is 67.0 Å². The van der Waals surface area contributed by atoms with Gasteiger partial charge in [-0.15, -0.1) is 0 Å². The van der Waals surface area contributed by atoms with Gasteiger partial charge in [-0.25, -0.2) is 9.37 Å². The maximum absolute atomic E-state index is 13.7. The molecule has 3 atom stereocenters. The predicted octanol–water partition coefficient (Wildman–Crippen LogP) is 2.25. The molecular formula is C16H18FN3O2. The number of rotatable bonds is 2. The number of benzene rings is 1. The molecular weight excluding hydrogens is 285 g/mol. The molecule has 6 heteroatoms. The monoisotopic (exact) mass is 303 g/mol. The fourth-order valence-electron chi connectivity index (χ4n) is 4.02. The number of hydrogen-bond acceptors (Lipinski definition) is 3. The third-order valence-corrected chi connectivity index (χ3v) is 5.12. The summed E-state index contributed by atoms with van der Waals surface area (Å²) < 4.78 is 19.4. The Bertz CT molecular complexity index is 755. The van der Waals surface area contributed by atoms with Gasteiger partial charge in [-0.05, 0) is 18.6 Å². The zero-order chi connectivity index (χ0) is 15.5. The molecule has 2 heterocycles. The lowest BCUT2D eigenvalue weighted by atomic mass is 9.57. The van der Waals surface area contributed by atoms with Crippen molar-refractivity contribution >= 4 is 16.9 Å². The van der Waals surface area contributed by atoms with Crippen molar-refractivity contribution in [3.05, 3.63) is 29.8 Å². The standard InChI is InChI=1S/C16H18FN3O2/c1-16(2)13(9-3-4-22-14(9)16)20-15(21)10-5-8(17)6-11-12(10)19-7-18-11/h5-7,9,13-14H,3-4H2,1-2H3,(H,18,19)(H,20,21)/t9-,13+,14-/m0/s1. The Morgan fingerprint density at radius 1 is 1.50 bits per heavy atom. The largest absolute Gasteiger partial charge is 0.377 e. The number of carbonyl (C=O) groups excluding carboxylic acids is 1. The lowest BCUT2D eigenvalue weighted by Gasteiger charge is -2.54. The zero-order valence-corrected chi connectivity index (χ0v) is 12.5. The van der Waals surface area contributed by atoms with Crippen LogP contribution in [0.15, 0.2) is 18.5 Å². The second-order valence-corrected chi connectivity index (χ2v) is 6.77. The maximum atomic E-state index is 13.7. The van der Waals surface area contributed by atoms with Crippen molar-refractivity contribution in [1.82, 2.24) is 15.3 Å². The van der Waals surface area contributed by atoms with Crippen LogP contribution in [0, 0.1) is 17.2 Å². The van der Waals surface area contributed by atoms with E-state index in [1.807, 2.05) is 0 Å². The van der Waals surface area contributed by atoms with E-state index in [4.69, 9.17) is 4.74 Å². The smallest absolute Gasteiger partial charge is 0.253 e. The molecule has 4 rings (SSSR count). The third-order valence-electron chi connectivity index (χ3n) is 5.12. The summed E-state index contributed by atoms with van der Waals surface area (Å²) in [5.74, 6) is -0.376. The van der Waals surface area contributed by atoms with Crippen LogP contribution in [0.1, 0.15) is 30.6 Å². The van der Waals surface area contributed by atoms with E-state index in [1.165, 1.54) is 18.5 Å². The number of carbonyl (C=O) groups is 1. The molecule has 22 heavy (non-hydrogen) atoms. The van der Waals surface area contributed by atoms with Crippen molar-refractivity contribution < 1.29 is 13.9 Å². The molecule has 116 valence electrons. The third kappa shape index (κ3) is 1.80. The fourth-order valence-corrected chi connectivity index (χ4v) is 4.02. The van der Waals surface area contributed by atoms with Gasteiger partial charge >= 0.3 is 0 Å². The van der Waals surface area contributed by atoms with Crippen LogP contribution in [0.25, 0.3) is 11.0 Å². The van der Waals surface area contributed by atoms with Crippen LogP contribution < -0.4 is 5.32 Å². The number of fused-ring (bicyclic) bond motifs is 2. The number of H-pyrrole nitrogens is 1. The van der Waals surface area contributed by atoms with E-state index in [0.717, 1.165) is 13.0 Å². The van der Waals surface area contributed by atoms with Crippen molar-refractivity contribution in [2.24, 2.45) is 11.3 Å². The molecule has 1 saturated carbocycles. The van der Waals surface area contributed by atoms with Gasteiger partial charge in [0.1, 0.15) is 11.3 Å². The Labute approximate surface area is 127 Å². The van der Waals surface area contributed by atoms with Gasteiger partial charge in [0.05, 0.1) is 23.5 Å². The summed E-state index contributed by atoms with van der Waals surface area (Å²) in [5, 5.41) is 3.06. The molecule has 1 aromatic heterocycles. The summed E-state index contributed by atoms with van der Waals surface area (Å²) in [6.07, 6.45) is 2.63. The lowest BCUT2D eigenvalue weighted by molar-refractivity contribution is -0.108. The molecule has 2 N–H and O–H groups in total. The van der Waals surface area contributed by atoms with Gasteiger partial charge in [-0.1, -0.05) is 13.8 Å². The average molecular weight is 303 g/mol. The number of amides is 1. The van der Waals surface area contributed by atoms with Crippen molar-refractivity contribution in [3.8, 4) is 0 Å². The second kappa shape index (κ2) is 4.52. The highest BCUT2D eigenvalue weighted by atomic mass is 19.1. The Kier molecular flexibility index (Phi) is 2.81. The summed E-state index contributed by atoms with van der Waals surface area (Å²) in [6, 6.07) is 2.63. The molecule has 2 fully saturated rings. The van der Waals surface area contributed by atoms with Crippen LogP contribution in [0.5, 0.6) is 0 Å². The summed E-state index contributed by atoms with van der Waals surface area (Å²) in [7, 11) is 0. The molecule has 0 bridgehead atoms. The van der Waals surface area contributed by atoms with Gasteiger partial charge in [-0.2, -0.15) is 0 Å². The Hall–Kier alpha value is -1.95. The molecule has 1 aliphatic heterocycles. The highest BCUT2D eigenvalue weighted by Crippen LogP contribution is 2.52. The number of nitrogens with one attached hydrogen (secondary N) is 2. The van der Waals surface area contributed by atoms with E-state index in [2.05, 4.69) is 29.1 Å². The van der Waals surface area contributed by atoms with Gasteiger partial charge in [0, 0.05) is 24.0 Å². The van der Waals surface area contributed by atoms with E-state index in [9.17, 15) is 9.18 Å². The SMILES string of the molecule is CC1(C)[C@H](NC(=O)c2cc(F)cc3[nH]cnc23)[C@@H]2CCO[C@@H]21. The van der Waals surface area contributed by atoms with Crippen LogP contribution in [-0.2, 0) is 4.74 Å². The normalized spacial score (nSPS) is 29.1. The molecule has 1 amide bonds. The van der Waals surface area contributed by atoms with E-state index in [0.29, 0.717) is 17.0 Å². The van der Waals surface area contributed by atoms with E-state index < -0.39 is 5.82 Å². The first-order chi connectivity index (χ1) is 10.5. The highest BCUT2D eigenvalue weighted by Gasteiger charge is 2.59. The first-order valence-electron chi connectivity index (χ1n) is 7.53. The minimum Gasteiger partial charge on any atom is -0.377 e. The zero-order valence-electron chi connectivity index (χ0n) is 12.5. The minimum atomic E-state index is -0.447. The quantitative estimate of drug-likeness (QED) is 0.894. The van der Waals surface area contributed by atoms with Gasteiger partial charge in [-0.3, -0.25) is 4.79 Å². The van der Waals surface area contributed by atoms with Crippen LogP contribution >= 0.6 is 0 Å².